The monoisotopic (exact) mass is 391 g/mol. The molecule has 1 heterocycles. The maximum Gasteiger partial charge on any atom is 0.127 e. The Labute approximate surface area is 127 Å². The van der Waals surface area contributed by atoms with Crippen molar-refractivity contribution in [1.82, 2.24) is 4.98 Å². The van der Waals surface area contributed by atoms with Crippen LogP contribution < -0.4 is 0 Å². The third kappa shape index (κ3) is 2.83. The summed E-state index contributed by atoms with van der Waals surface area (Å²) in [5, 5.41) is 3.38. The van der Waals surface area contributed by atoms with E-state index >= 15 is 0 Å². The highest BCUT2D eigenvalue weighted by Gasteiger charge is 2.33. The van der Waals surface area contributed by atoms with Gasteiger partial charge in [0.15, 0.2) is 0 Å². The van der Waals surface area contributed by atoms with Crippen LogP contribution in [0.2, 0.25) is 0 Å². The molecule has 0 unspecified atom stereocenters. The van der Waals surface area contributed by atoms with Gasteiger partial charge < -0.3 is 0 Å². The van der Waals surface area contributed by atoms with E-state index in [1.54, 1.807) is 17.4 Å². The Kier molecular flexibility index (Phi) is 4.92. The molecule has 0 spiro atoms. The summed E-state index contributed by atoms with van der Waals surface area (Å²) in [7, 11) is 0. The molecule has 1 aromatic heterocycles. The first-order valence-electron chi connectivity index (χ1n) is 5.46. The van der Waals surface area contributed by atoms with Gasteiger partial charge in [0.05, 0.1) is 11.2 Å². The molecule has 5 heteroatoms. The summed E-state index contributed by atoms with van der Waals surface area (Å²) in [4.78, 5) is 4.31. The van der Waals surface area contributed by atoms with Crippen molar-refractivity contribution in [2.45, 2.75) is 11.8 Å². The van der Waals surface area contributed by atoms with Crippen LogP contribution in [0.4, 0.5) is 4.39 Å². The van der Waals surface area contributed by atoms with E-state index < -0.39 is 0 Å². The molecule has 0 aliphatic heterocycles. The zero-order chi connectivity index (χ0) is 13.0. The topological polar surface area (TPSA) is 12.9 Å². The molecule has 1 nitrogen and oxygen atoms in total. The van der Waals surface area contributed by atoms with Gasteiger partial charge in [-0.1, -0.05) is 50.1 Å². The SMILES string of the molecule is Fc1ccccc1C(CBr)(CBr)Cc1cscn1. The second-order valence-electron chi connectivity index (χ2n) is 4.18. The van der Waals surface area contributed by atoms with Crippen LogP contribution >= 0.6 is 43.2 Å². The van der Waals surface area contributed by atoms with Crippen molar-refractivity contribution in [3.63, 3.8) is 0 Å². The van der Waals surface area contributed by atoms with Gasteiger partial charge in [-0.3, -0.25) is 0 Å². The highest BCUT2D eigenvalue weighted by atomic mass is 79.9. The van der Waals surface area contributed by atoms with Gasteiger partial charge in [-0.25, -0.2) is 9.37 Å². The third-order valence-corrected chi connectivity index (χ3v) is 5.74. The fourth-order valence-electron chi connectivity index (χ4n) is 1.93. The molecule has 18 heavy (non-hydrogen) atoms. The lowest BCUT2D eigenvalue weighted by atomic mass is 9.80. The maximum absolute atomic E-state index is 14.0. The van der Waals surface area contributed by atoms with Gasteiger partial charge in [-0.15, -0.1) is 11.3 Å². The van der Waals surface area contributed by atoms with Crippen molar-refractivity contribution in [2.75, 3.05) is 10.7 Å². The van der Waals surface area contributed by atoms with E-state index in [0.29, 0.717) is 17.1 Å². The predicted octanol–water partition coefficient (Wildman–Crippen LogP) is 4.55. The molecule has 0 saturated carbocycles. The average molecular weight is 393 g/mol. The van der Waals surface area contributed by atoms with Gasteiger partial charge in [0.1, 0.15) is 5.82 Å². The second kappa shape index (κ2) is 6.26. The minimum Gasteiger partial charge on any atom is -0.250 e. The number of alkyl halides is 2. The van der Waals surface area contributed by atoms with Crippen LogP contribution in [0.25, 0.3) is 0 Å². The number of benzene rings is 1. The Morgan fingerprint density at radius 3 is 2.50 bits per heavy atom. The number of aromatic nitrogens is 1. The lowest BCUT2D eigenvalue weighted by Gasteiger charge is -2.30. The fourth-order valence-corrected chi connectivity index (χ4v) is 4.42. The quantitative estimate of drug-likeness (QED) is 0.680. The summed E-state index contributed by atoms with van der Waals surface area (Å²) < 4.78 is 14.0. The largest absolute Gasteiger partial charge is 0.250 e. The molecule has 0 amide bonds. The first-order chi connectivity index (χ1) is 8.72. The van der Waals surface area contributed by atoms with Crippen LogP contribution in [0.1, 0.15) is 11.3 Å². The van der Waals surface area contributed by atoms with E-state index in [9.17, 15) is 4.39 Å². The van der Waals surface area contributed by atoms with Crippen LogP contribution in [0.15, 0.2) is 35.2 Å². The van der Waals surface area contributed by atoms with Crippen LogP contribution in [-0.4, -0.2) is 15.6 Å². The normalized spacial score (nSPS) is 11.7. The third-order valence-electron chi connectivity index (χ3n) is 2.96. The van der Waals surface area contributed by atoms with E-state index in [0.717, 1.165) is 11.3 Å². The maximum atomic E-state index is 14.0. The summed E-state index contributed by atoms with van der Waals surface area (Å²) in [5.41, 5.74) is 3.23. The molecule has 0 saturated heterocycles. The van der Waals surface area contributed by atoms with Gasteiger partial charge in [0.2, 0.25) is 0 Å². The van der Waals surface area contributed by atoms with Crippen molar-refractivity contribution in [1.29, 1.82) is 0 Å². The zero-order valence-corrected chi connectivity index (χ0v) is 13.6. The summed E-state index contributed by atoms with van der Waals surface area (Å²) >= 11 is 8.62. The minimum atomic E-state index is -0.306. The molecule has 0 aliphatic rings. The molecule has 0 aliphatic carbocycles. The number of rotatable bonds is 5. The minimum absolute atomic E-state index is 0.161. The van der Waals surface area contributed by atoms with Crippen molar-refractivity contribution >= 4 is 43.2 Å². The number of hydrogen-bond acceptors (Lipinski definition) is 2. The van der Waals surface area contributed by atoms with Crippen molar-refractivity contribution in [2.24, 2.45) is 0 Å². The number of thiazole rings is 1. The summed E-state index contributed by atoms with van der Waals surface area (Å²) in [6, 6.07) is 6.95. The smallest absolute Gasteiger partial charge is 0.127 e. The van der Waals surface area contributed by atoms with E-state index in [-0.39, 0.29) is 11.2 Å². The van der Waals surface area contributed by atoms with Crippen LogP contribution in [0.3, 0.4) is 0 Å². The second-order valence-corrected chi connectivity index (χ2v) is 6.02. The van der Waals surface area contributed by atoms with Gasteiger partial charge in [-0.2, -0.15) is 0 Å². The highest BCUT2D eigenvalue weighted by Crippen LogP contribution is 2.34. The fraction of sp³-hybridized carbons (Fsp3) is 0.308. The van der Waals surface area contributed by atoms with Crippen molar-refractivity contribution in [3.05, 3.63) is 52.2 Å². The van der Waals surface area contributed by atoms with Gasteiger partial charge in [0.25, 0.3) is 0 Å². The molecular formula is C13H12Br2FNS. The van der Waals surface area contributed by atoms with Crippen LogP contribution in [0, 0.1) is 5.82 Å². The standard InChI is InChI=1S/C13H12Br2FNS/c14-7-13(8-15,5-10-6-18-9-17-10)11-3-1-2-4-12(11)16/h1-4,6,9H,5,7-8H2. The molecule has 0 fully saturated rings. The average Bonchev–Trinajstić information content (AvgIpc) is 2.90. The Balaban J connectivity index is 2.40. The number of halogens is 3. The van der Waals surface area contributed by atoms with Crippen molar-refractivity contribution < 1.29 is 4.39 Å². The van der Waals surface area contributed by atoms with Crippen LogP contribution in [-0.2, 0) is 11.8 Å². The molecule has 2 aromatic rings. The van der Waals surface area contributed by atoms with E-state index in [1.165, 1.54) is 6.07 Å². The zero-order valence-electron chi connectivity index (χ0n) is 9.57. The Morgan fingerprint density at radius 2 is 1.94 bits per heavy atom. The molecule has 1 aromatic carbocycles. The highest BCUT2D eigenvalue weighted by molar-refractivity contribution is 9.09. The summed E-state index contributed by atoms with van der Waals surface area (Å²) in [5.74, 6) is -0.161. The lowest BCUT2D eigenvalue weighted by molar-refractivity contribution is 0.497. The Hall–Kier alpha value is -0.260. The molecule has 0 radical (unpaired) electrons. The first kappa shape index (κ1) is 14.2. The molecular weight excluding hydrogens is 381 g/mol. The Morgan fingerprint density at radius 1 is 1.22 bits per heavy atom. The Bertz CT molecular complexity index is 497. The lowest BCUT2D eigenvalue weighted by Crippen LogP contribution is -2.34. The van der Waals surface area contributed by atoms with Crippen molar-refractivity contribution in [3.8, 4) is 0 Å². The predicted molar refractivity (Wildman–Crippen MR) is 81.5 cm³/mol. The van der Waals surface area contributed by atoms with Crippen LogP contribution in [0.5, 0.6) is 0 Å². The van der Waals surface area contributed by atoms with E-state index in [4.69, 9.17) is 0 Å². The number of nitrogens with zero attached hydrogens (tertiary/aromatic N) is 1. The van der Waals surface area contributed by atoms with Gasteiger partial charge in [0, 0.05) is 27.9 Å². The van der Waals surface area contributed by atoms with E-state index in [1.807, 2.05) is 23.0 Å². The molecule has 96 valence electrons. The van der Waals surface area contributed by atoms with E-state index in [2.05, 4.69) is 36.8 Å². The first-order valence-corrected chi connectivity index (χ1v) is 8.64. The molecule has 0 N–H and O–H groups in total. The summed E-state index contributed by atoms with van der Waals surface area (Å²) in [6.07, 6.45) is 0.716. The molecule has 0 bridgehead atoms. The summed E-state index contributed by atoms with van der Waals surface area (Å²) in [6.45, 7) is 0. The number of hydrogen-bond donors (Lipinski definition) is 0. The van der Waals surface area contributed by atoms with Gasteiger partial charge in [-0.05, 0) is 11.6 Å². The van der Waals surface area contributed by atoms with Gasteiger partial charge >= 0.3 is 0 Å². The molecule has 0 atom stereocenters. The molecule has 2 rings (SSSR count).